The molecule has 0 unspecified atom stereocenters. The van der Waals surface area contributed by atoms with Crippen molar-refractivity contribution >= 4 is 20.8 Å². The molecule has 0 aliphatic heterocycles. The smallest absolute Gasteiger partial charge is 0.256 e. The molecule has 0 radical (unpaired) electrons. The van der Waals surface area contributed by atoms with E-state index >= 15 is 0 Å². The second-order valence-corrected chi connectivity index (χ2v) is 7.72. The Bertz CT molecular complexity index is 943. The van der Waals surface area contributed by atoms with Crippen molar-refractivity contribution in [2.24, 2.45) is 0 Å². The van der Waals surface area contributed by atoms with Crippen molar-refractivity contribution < 1.29 is 13.5 Å². The molecule has 0 aliphatic rings. The Kier molecular flexibility index (Phi) is 3.41. The number of benzene rings is 2. The van der Waals surface area contributed by atoms with E-state index in [1.54, 1.807) is 26.0 Å². The third kappa shape index (κ3) is 2.25. The Hall–Kier alpha value is -2.34. The third-order valence-corrected chi connectivity index (χ3v) is 5.54. The minimum atomic E-state index is -3.47. The fraction of sp³-hybridized carbons (Fsp3) is 0.188. The molecular weight excluding hydrogens is 300 g/mol. The molecule has 1 N–H and O–H groups in total. The van der Waals surface area contributed by atoms with E-state index in [2.05, 4.69) is 5.10 Å². The van der Waals surface area contributed by atoms with E-state index in [9.17, 15) is 13.5 Å². The minimum absolute atomic E-state index is 0.196. The summed E-state index contributed by atoms with van der Waals surface area (Å²) < 4.78 is 25.3. The van der Waals surface area contributed by atoms with Crippen molar-refractivity contribution in [3.05, 3.63) is 48.8 Å². The van der Waals surface area contributed by atoms with Crippen LogP contribution >= 0.6 is 0 Å². The van der Waals surface area contributed by atoms with Gasteiger partial charge in [-0.05, 0) is 36.9 Å². The molecule has 0 aliphatic carbocycles. The molecule has 114 valence electrons. The molecule has 1 heterocycles. The molecule has 0 bridgehead atoms. The highest BCUT2D eigenvalue weighted by Crippen LogP contribution is 2.33. The predicted octanol–water partition coefficient (Wildman–Crippen LogP) is 3.00. The molecule has 5 nitrogen and oxygen atoms in total. The van der Waals surface area contributed by atoms with Crippen LogP contribution in [0.3, 0.4) is 0 Å². The largest absolute Gasteiger partial charge is 0.507 e. The van der Waals surface area contributed by atoms with Crippen LogP contribution in [0.1, 0.15) is 13.8 Å². The van der Waals surface area contributed by atoms with Crippen LogP contribution in [0.2, 0.25) is 0 Å². The van der Waals surface area contributed by atoms with E-state index in [0.29, 0.717) is 5.56 Å². The van der Waals surface area contributed by atoms with E-state index in [1.807, 2.05) is 24.3 Å². The summed E-state index contributed by atoms with van der Waals surface area (Å²) in [6, 6.07) is 10.8. The Morgan fingerprint density at radius 2 is 1.77 bits per heavy atom. The summed E-state index contributed by atoms with van der Waals surface area (Å²) in [5.74, 6) is 0.196. The molecule has 3 rings (SSSR count). The van der Waals surface area contributed by atoms with Crippen molar-refractivity contribution in [3.63, 3.8) is 0 Å². The molecule has 0 fully saturated rings. The number of fused-ring (bicyclic) bond motifs is 1. The summed E-state index contributed by atoms with van der Waals surface area (Å²) in [5, 5.41) is 14.9. The first kappa shape index (κ1) is 14.6. The number of nitrogens with zero attached hydrogens (tertiary/aromatic N) is 2. The van der Waals surface area contributed by atoms with Crippen LogP contribution in [0.25, 0.3) is 21.9 Å². The fourth-order valence-electron chi connectivity index (χ4n) is 2.33. The summed E-state index contributed by atoms with van der Waals surface area (Å²) in [7, 11) is -3.47. The van der Waals surface area contributed by atoms with Crippen molar-refractivity contribution in [2.45, 2.75) is 19.1 Å². The maximum absolute atomic E-state index is 12.2. The zero-order chi connectivity index (χ0) is 15.9. The monoisotopic (exact) mass is 316 g/mol. The zero-order valence-corrected chi connectivity index (χ0v) is 13.1. The zero-order valence-electron chi connectivity index (χ0n) is 12.3. The molecule has 0 atom stereocenters. The molecule has 22 heavy (non-hydrogen) atoms. The Balaban J connectivity index is 2.18. The second-order valence-electron chi connectivity index (χ2n) is 5.37. The van der Waals surface area contributed by atoms with Gasteiger partial charge in [0.05, 0.1) is 17.6 Å². The number of aromatic nitrogens is 2. The summed E-state index contributed by atoms with van der Waals surface area (Å²) in [4.78, 5) is 0. The first-order valence-electron chi connectivity index (χ1n) is 6.91. The van der Waals surface area contributed by atoms with Gasteiger partial charge in [-0.25, -0.2) is 8.42 Å². The highest BCUT2D eigenvalue weighted by Gasteiger charge is 2.20. The SMILES string of the molecule is CC(C)S(=O)(=O)n1cc(-c2ccc(O)c3ccccc23)cn1. The van der Waals surface area contributed by atoms with Gasteiger partial charge in [-0.3, -0.25) is 0 Å². The highest BCUT2D eigenvalue weighted by atomic mass is 32.2. The van der Waals surface area contributed by atoms with Crippen LogP contribution in [0.4, 0.5) is 0 Å². The molecule has 3 aromatic rings. The number of hydrogen-bond donors (Lipinski definition) is 1. The standard InChI is InChI=1S/C16H16N2O3S/c1-11(2)22(20,21)18-10-12(9-17-18)13-7-8-16(19)15-6-4-3-5-14(13)15/h3-11,19H,1-2H3. The van der Waals surface area contributed by atoms with Crippen molar-refractivity contribution in [1.82, 2.24) is 9.19 Å². The van der Waals surface area contributed by atoms with Crippen LogP contribution < -0.4 is 0 Å². The number of rotatable bonds is 3. The second kappa shape index (κ2) is 5.14. The van der Waals surface area contributed by atoms with E-state index in [-0.39, 0.29) is 5.75 Å². The summed E-state index contributed by atoms with van der Waals surface area (Å²) in [5.41, 5.74) is 1.53. The van der Waals surface area contributed by atoms with Crippen LogP contribution in [0.5, 0.6) is 5.75 Å². The van der Waals surface area contributed by atoms with Crippen molar-refractivity contribution in [3.8, 4) is 16.9 Å². The van der Waals surface area contributed by atoms with E-state index in [1.165, 1.54) is 12.4 Å². The Labute approximate surface area is 128 Å². The van der Waals surface area contributed by atoms with Gasteiger partial charge in [-0.1, -0.05) is 24.3 Å². The van der Waals surface area contributed by atoms with E-state index in [0.717, 1.165) is 20.4 Å². The quantitative estimate of drug-likeness (QED) is 0.806. The topological polar surface area (TPSA) is 72.2 Å². The lowest BCUT2D eigenvalue weighted by atomic mass is 10.00. The average molecular weight is 316 g/mol. The first-order chi connectivity index (χ1) is 10.4. The van der Waals surface area contributed by atoms with E-state index < -0.39 is 15.3 Å². The maximum atomic E-state index is 12.2. The summed E-state index contributed by atoms with van der Waals surface area (Å²) >= 11 is 0. The van der Waals surface area contributed by atoms with Gasteiger partial charge in [0.2, 0.25) is 0 Å². The van der Waals surface area contributed by atoms with Gasteiger partial charge in [-0.15, -0.1) is 0 Å². The van der Waals surface area contributed by atoms with Crippen molar-refractivity contribution in [1.29, 1.82) is 0 Å². The number of aromatic hydroxyl groups is 1. The Morgan fingerprint density at radius 3 is 2.45 bits per heavy atom. The third-order valence-electron chi connectivity index (χ3n) is 3.63. The van der Waals surface area contributed by atoms with Gasteiger partial charge in [0, 0.05) is 10.9 Å². The minimum Gasteiger partial charge on any atom is -0.507 e. The molecule has 0 saturated carbocycles. The van der Waals surface area contributed by atoms with Gasteiger partial charge in [0.25, 0.3) is 10.0 Å². The summed E-state index contributed by atoms with van der Waals surface area (Å²) in [6.45, 7) is 3.24. The highest BCUT2D eigenvalue weighted by molar-refractivity contribution is 7.90. The fourth-order valence-corrected chi connectivity index (χ4v) is 3.20. The number of phenols is 1. The molecule has 0 amide bonds. The van der Waals surface area contributed by atoms with Crippen LogP contribution in [-0.4, -0.2) is 28.0 Å². The molecule has 0 saturated heterocycles. The van der Waals surface area contributed by atoms with Crippen LogP contribution in [0.15, 0.2) is 48.8 Å². The summed E-state index contributed by atoms with van der Waals surface area (Å²) in [6.07, 6.45) is 3.03. The van der Waals surface area contributed by atoms with Crippen molar-refractivity contribution in [2.75, 3.05) is 0 Å². The lowest BCUT2D eigenvalue weighted by Crippen LogP contribution is -2.22. The maximum Gasteiger partial charge on any atom is 0.256 e. The molecule has 0 spiro atoms. The molecular formula is C16H16N2O3S. The number of hydrogen-bond acceptors (Lipinski definition) is 4. The average Bonchev–Trinajstić information content (AvgIpc) is 2.98. The number of phenolic OH excluding ortho intramolecular Hbond substituents is 1. The van der Waals surface area contributed by atoms with E-state index in [4.69, 9.17) is 0 Å². The Morgan fingerprint density at radius 1 is 1.09 bits per heavy atom. The van der Waals surface area contributed by atoms with Gasteiger partial charge in [-0.2, -0.15) is 9.19 Å². The van der Waals surface area contributed by atoms with Gasteiger partial charge >= 0.3 is 0 Å². The van der Waals surface area contributed by atoms with Crippen LogP contribution in [0, 0.1) is 0 Å². The van der Waals surface area contributed by atoms with Gasteiger partial charge < -0.3 is 5.11 Å². The molecule has 1 aromatic heterocycles. The lowest BCUT2D eigenvalue weighted by Gasteiger charge is -2.07. The van der Waals surface area contributed by atoms with Gasteiger partial charge in [0.15, 0.2) is 0 Å². The van der Waals surface area contributed by atoms with Gasteiger partial charge in [0.1, 0.15) is 5.75 Å². The normalized spacial score (nSPS) is 12.1. The first-order valence-corrected chi connectivity index (χ1v) is 8.41. The molecule has 2 aromatic carbocycles. The lowest BCUT2D eigenvalue weighted by molar-refractivity contribution is 0.481. The van der Waals surface area contributed by atoms with Crippen LogP contribution in [-0.2, 0) is 10.0 Å². The predicted molar refractivity (Wildman–Crippen MR) is 86.3 cm³/mol. The molecule has 6 heteroatoms.